The van der Waals surface area contributed by atoms with Gasteiger partial charge in [-0.05, 0) is 46.5 Å². The fraction of sp³-hybridized carbons (Fsp3) is 0.0769. The van der Waals surface area contributed by atoms with Gasteiger partial charge in [-0.1, -0.05) is 48.2 Å². The lowest BCUT2D eigenvalue weighted by Gasteiger charge is -2.13. The van der Waals surface area contributed by atoms with Gasteiger partial charge in [0.1, 0.15) is 24.7 Å². The molecule has 0 unspecified atom stereocenters. The zero-order valence-corrected chi connectivity index (χ0v) is 18.1. The lowest BCUT2D eigenvalue weighted by molar-refractivity contribution is 0.0942. The van der Waals surface area contributed by atoms with E-state index in [9.17, 15) is 9.59 Å². The number of ether oxygens (including phenoxy) is 2. The Morgan fingerprint density at radius 3 is 1.35 bits per heavy atom. The number of nitrogens with two attached hydrogens (primary N) is 2. The number of rotatable bonds is 8. The van der Waals surface area contributed by atoms with Crippen molar-refractivity contribution in [3.05, 3.63) is 71.8 Å². The smallest absolute Gasteiger partial charge is 0.268 e. The third kappa shape index (κ3) is 5.34. The van der Waals surface area contributed by atoms with Crippen LogP contribution in [-0.4, -0.2) is 25.0 Å². The topological polar surface area (TPSA) is 129 Å². The molecule has 3 aromatic carbocycles. The minimum atomic E-state index is -0.483. The quantitative estimate of drug-likeness (QED) is 0.179. The zero-order chi connectivity index (χ0) is 24.5. The van der Waals surface area contributed by atoms with Crippen molar-refractivity contribution in [2.75, 3.05) is 13.2 Å². The van der Waals surface area contributed by atoms with Gasteiger partial charge < -0.3 is 9.47 Å². The standard InChI is InChI=1S/C26H22N4O4/c1-3-13-33-23-15-19(9-11-21(23)25(31)29-27)17-5-7-18(8-6-17)20-10-12-22(26(32)30-28)24(16-20)34-14-4-2/h1-2,5-12,15-16H,13-14,27-28H2,(H,29,31)(H,30,32). The van der Waals surface area contributed by atoms with Crippen LogP contribution in [0, 0.1) is 24.7 Å². The van der Waals surface area contributed by atoms with Gasteiger partial charge in [0.25, 0.3) is 11.8 Å². The van der Waals surface area contributed by atoms with E-state index in [-0.39, 0.29) is 24.3 Å². The molecule has 0 fully saturated rings. The van der Waals surface area contributed by atoms with Crippen molar-refractivity contribution in [2.24, 2.45) is 11.7 Å². The highest BCUT2D eigenvalue weighted by atomic mass is 16.5. The molecule has 0 saturated carbocycles. The van der Waals surface area contributed by atoms with Crippen molar-refractivity contribution in [1.29, 1.82) is 0 Å². The first kappa shape index (κ1) is 23.9. The fourth-order valence-electron chi connectivity index (χ4n) is 3.27. The number of benzene rings is 3. The molecule has 0 aromatic heterocycles. The molecule has 8 nitrogen and oxygen atoms in total. The molecule has 0 aliphatic carbocycles. The van der Waals surface area contributed by atoms with Crippen LogP contribution in [-0.2, 0) is 0 Å². The summed E-state index contributed by atoms with van der Waals surface area (Å²) < 4.78 is 11.1. The molecule has 2 amide bonds. The largest absolute Gasteiger partial charge is 0.480 e. The SMILES string of the molecule is C#CCOc1cc(-c2ccc(-c3ccc(C(=O)NN)c(OCC#C)c3)cc2)ccc1C(=O)NN. The van der Waals surface area contributed by atoms with Crippen molar-refractivity contribution in [2.45, 2.75) is 0 Å². The third-order valence-corrected chi connectivity index (χ3v) is 4.89. The fourth-order valence-corrected chi connectivity index (χ4v) is 3.27. The van der Waals surface area contributed by atoms with Gasteiger partial charge in [-0.3, -0.25) is 20.4 Å². The number of carbonyl (C=O) groups is 2. The van der Waals surface area contributed by atoms with E-state index in [1.165, 1.54) is 0 Å². The first-order valence-corrected chi connectivity index (χ1v) is 10.1. The van der Waals surface area contributed by atoms with Crippen LogP contribution in [0.1, 0.15) is 20.7 Å². The van der Waals surface area contributed by atoms with E-state index in [0.717, 1.165) is 22.3 Å². The van der Waals surface area contributed by atoms with Crippen LogP contribution >= 0.6 is 0 Å². The van der Waals surface area contributed by atoms with Crippen molar-refractivity contribution < 1.29 is 19.1 Å². The van der Waals surface area contributed by atoms with Gasteiger partial charge in [0, 0.05) is 0 Å². The zero-order valence-electron chi connectivity index (χ0n) is 18.1. The minimum absolute atomic E-state index is 0.00942. The normalized spacial score (nSPS) is 9.88. The van der Waals surface area contributed by atoms with Gasteiger partial charge in [-0.25, -0.2) is 11.7 Å². The molecular formula is C26H22N4O4. The van der Waals surface area contributed by atoms with E-state index in [4.69, 9.17) is 34.0 Å². The summed E-state index contributed by atoms with van der Waals surface area (Å²) in [6.07, 6.45) is 10.6. The number of nitrogen functional groups attached to an aromatic ring is 2. The maximum Gasteiger partial charge on any atom is 0.268 e. The Bertz CT molecular complexity index is 1190. The van der Waals surface area contributed by atoms with Crippen LogP contribution in [0.3, 0.4) is 0 Å². The molecule has 0 saturated heterocycles. The van der Waals surface area contributed by atoms with E-state index in [0.29, 0.717) is 11.5 Å². The average Bonchev–Trinajstić information content (AvgIpc) is 2.89. The maximum atomic E-state index is 12.0. The molecule has 34 heavy (non-hydrogen) atoms. The summed E-state index contributed by atoms with van der Waals surface area (Å²) in [7, 11) is 0. The first-order valence-electron chi connectivity index (χ1n) is 10.1. The molecule has 0 atom stereocenters. The molecule has 170 valence electrons. The van der Waals surface area contributed by atoms with E-state index < -0.39 is 11.8 Å². The Morgan fingerprint density at radius 2 is 1.03 bits per heavy atom. The summed E-state index contributed by atoms with van der Waals surface area (Å²) in [4.78, 5) is 24.0. The molecule has 0 heterocycles. The highest BCUT2D eigenvalue weighted by Crippen LogP contribution is 2.31. The Balaban J connectivity index is 1.93. The summed E-state index contributed by atoms with van der Waals surface area (Å²) in [5.74, 6) is 14.9. The van der Waals surface area contributed by atoms with Gasteiger partial charge in [-0.2, -0.15) is 0 Å². The number of hydrogen-bond acceptors (Lipinski definition) is 6. The Labute approximate surface area is 197 Å². The average molecular weight is 454 g/mol. The molecule has 8 heteroatoms. The molecular weight excluding hydrogens is 432 g/mol. The van der Waals surface area contributed by atoms with Crippen LogP contribution in [0.25, 0.3) is 22.3 Å². The van der Waals surface area contributed by atoms with Crippen LogP contribution < -0.4 is 32.0 Å². The predicted octanol–water partition coefficient (Wildman–Crippen LogP) is 2.25. The van der Waals surface area contributed by atoms with Crippen molar-refractivity contribution in [1.82, 2.24) is 10.9 Å². The van der Waals surface area contributed by atoms with Gasteiger partial charge in [0.05, 0.1) is 11.1 Å². The van der Waals surface area contributed by atoms with E-state index in [2.05, 4.69) is 22.7 Å². The summed E-state index contributed by atoms with van der Waals surface area (Å²) in [5, 5.41) is 0. The lowest BCUT2D eigenvalue weighted by Crippen LogP contribution is -2.30. The van der Waals surface area contributed by atoms with Crippen LogP contribution in [0.4, 0.5) is 0 Å². The monoisotopic (exact) mass is 454 g/mol. The van der Waals surface area contributed by atoms with Gasteiger partial charge in [0.15, 0.2) is 0 Å². The summed E-state index contributed by atoms with van der Waals surface area (Å²) in [6.45, 7) is 0.0188. The van der Waals surface area contributed by atoms with E-state index in [1.54, 1.807) is 36.4 Å². The molecule has 0 spiro atoms. The molecule has 3 aromatic rings. The summed E-state index contributed by atoms with van der Waals surface area (Å²) in [6, 6.07) is 17.9. The third-order valence-electron chi connectivity index (χ3n) is 4.89. The molecule has 3 rings (SSSR count). The first-order chi connectivity index (χ1) is 16.5. The maximum absolute atomic E-state index is 12.0. The number of nitrogens with one attached hydrogen (secondary N) is 2. The number of hydrogen-bond donors (Lipinski definition) is 4. The predicted molar refractivity (Wildman–Crippen MR) is 129 cm³/mol. The lowest BCUT2D eigenvalue weighted by atomic mass is 9.98. The van der Waals surface area contributed by atoms with Crippen molar-refractivity contribution in [3.63, 3.8) is 0 Å². The van der Waals surface area contributed by atoms with E-state index >= 15 is 0 Å². The van der Waals surface area contributed by atoms with Crippen LogP contribution in [0.2, 0.25) is 0 Å². The second-order valence-corrected chi connectivity index (χ2v) is 6.93. The second kappa shape index (κ2) is 11.2. The molecule has 0 aliphatic rings. The van der Waals surface area contributed by atoms with Crippen LogP contribution in [0.15, 0.2) is 60.7 Å². The Morgan fingerprint density at radius 1 is 0.676 bits per heavy atom. The van der Waals surface area contributed by atoms with Crippen molar-refractivity contribution >= 4 is 11.8 Å². The Hall–Kier alpha value is -4.76. The van der Waals surface area contributed by atoms with Gasteiger partial charge >= 0.3 is 0 Å². The van der Waals surface area contributed by atoms with Gasteiger partial charge in [-0.15, -0.1) is 12.8 Å². The number of hydrazine groups is 2. The molecule has 6 N–H and O–H groups in total. The molecule has 0 aliphatic heterocycles. The highest BCUT2D eigenvalue weighted by Gasteiger charge is 2.15. The van der Waals surface area contributed by atoms with E-state index in [1.807, 2.05) is 24.3 Å². The summed E-state index contributed by atoms with van der Waals surface area (Å²) in [5.41, 5.74) is 8.15. The molecule has 0 bridgehead atoms. The number of amides is 2. The number of carbonyl (C=O) groups excluding carboxylic acids is 2. The summed E-state index contributed by atoms with van der Waals surface area (Å²) >= 11 is 0. The highest BCUT2D eigenvalue weighted by molar-refractivity contribution is 5.98. The number of terminal acetylenes is 2. The second-order valence-electron chi connectivity index (χ2n) is 6.93. The van der Waals surface area contributed by atoms with Gasteiger partial charge in [0.2, 0.25) is 0 Å². The Kier molecular flexibility index (Phi) is 7.88. The van der Waals surface area contributed by atoms with Crippen molar-refractivity contribution in [3.8, 4) is 58.4 Å². The van der Waals surface area contributed by atoms with Crippen LogP contribution in [0.5, 0.6) is 11.5 Å². The minimum Gasteiger partial charge on any atom is -0.480 e. The molecule has 0 radical (unpaired) electrons.